The predicted molar refractivity (Wildman–Crippen MR) is 109 cm³/mol. The Morgan fingerprint density at radius 1 is 1.07 bits per heavy atom. The van der Waals surface area contributed by atoms with Crippen molar-refractivity contribution in [2.24, 2.45) is 0 Å². The van der Waals surface area contributed by atoms with Crippen LogP contribution in [-0.2, 0) is 6.54 Å². The van der Waals surface area contributed by atoms with Gasteiger partial charge in [0, 0.05) is 24.3 Å². The number of carbonyl (C=O) groups is 1. The van der Waals surface area contributed by atoms with Crippen LogP contribution in [0, 0.1) is 11.6 Å². The number of carbonyl (C=O) groups excluding carboxylic acids is 1. The van der Waals surface area contributed by atoms with Crippen molar-refractivity contribution in [1.29, 1.82) is 0 Å². The number of aromatic nitrogens is 2. The summed E-state index contributed by atoms with van der Waals surface area (Å²) in [5.41, 5.74) is 2.19. The maximum Gasteiger partial charge on any atom is 0.253 e. The molecular weight excluding hydrogens is 390 g/mol. The van der Waals surface area contributed by atoms with Gasteiger partial charge in [-0.2, -0.15) is 5.10 Å². The number of phenols is 1. The molecule has 8 heteroatoms. The highest BCUT2D eigenvalue weighted by Crippen LogP contribution is 2.29. The van der Waals surface area contributed by atoms with Crippen LogP contribution in [-0.4, -0.2) is 34.3 Å². The van der Waals surface area contributed by atoms with E-state index in [4.69, 9.17) is 0 Å². The summed E-state index contributed by atoms with van der Waals surface area (Å²) in [6, 6.07) is 9.49. The Balaban J connectivity index is 1.49. The first-order valence-corrected chi connectivity index (χ1v) is 9.87. The predicted octanol–water partition coefficient (Wildman–Crippen LogP) is 3.98. The molecule has 2 heterocycles. The minimum absolute atomic E-state index is 0.0931. The number of aromatic hydroxyl groups is 1. The Kier molecular flexibility index (Phi) is 5.65. The van der Waals surface area contributed by atoms with Gasteiger partial charge in [0.25, 0.3) is 5.91 Å². The zero-order chi connectivity index (χ0) is 21.1. The second-order valence-electron chi connectivity index (χ2n) is 7.33. The molecule has 156 valence electrons. The highest BCUT2D eigenvalue weighted by atomic mass is 19.1. The third-order valence-corrected chi connectivity index (χ3v) is 5.20. The molecule has 2 aromatic carbocycles. The smallest absolute Gasteiger partial charge is 0.253 e. The van der Waals surface area contributed by atoms with Crippen LogP contribution in [0.1, 0.15) is 35.3 Å². The number of aromatic amines is 1. The minimum atomic E-state index is -0.489. The van der Waals surface area contributed by atoms with Gasteiger partial charge in [-0.05, 0) is 61.7 Å². The molecule has 1 saturated heterocycles. The first kappa shape index (κ1) is 19.9. The van der Waals surface area contributed by atoms with Crippen molar-refractivity contribution in [1.82, 2.24) is 15.5 Å². The Labute approximate surface area is 172 Å². The quantitative estimate of drug-likeness (QED) is 0.592. The number of hydrogen-bond acceptors (Lipinski definition) is 4. The minimum Gasteiger partial charge on any atom is -0.507 e. The monoisotopic (exact) mass is 412 g/mol. The molecule has 0 atom stereocenters. The van der Waals surface area contributed by atoms with Gasteiger partial charge in [-0.15, -0.1) is 0 Å². The standard InChI is InChI=1S/C22H22F2N4O2/c23-14-4-6-20(28-8-2-1-3-9-28)18(11-14)22(30)25-13-16-12-19(27-26-16)17-10-15(24)5-7-21(17)29/h4-7,10-12,29H,1-3,8-9,13H2,(H,25,30)(H,26,27). The van der Waals surface area contributed by atoms with Crippen molar-refractivity contribution in [2.45, 2.75) is 25.8 Å². The summed E-state index contributed by atoms with van der Waals surface area (Å²) >= 11 is 0. The van der Waals surface area contributed by atoms with Gasteiger partial charge in [0.05, 0.1) is 23.5 Å². The average molecular weight is 412 g/mol. The summed E-state index contributed by atoms with van der Waals surface area (Å²) in [4.78, 5) is 14.9. The average Bonchev–Trinajstić information content (AvgIpc) is 3.23. The summed E-state index contributed by atoms with van der Waals surface area (Å²) in [6.07, 6.45) is 3.24. The number of halogens is 2. The number of amides is 1. The number of phenolic OH excluding ortho intramolecular Hbond substituents is 1. The third-order valence-electron chi connectivity index (χ3n) is 5.20. The molecule has 1 aliphatic rings. The summed E-state index contributed by atoms with van der Waals surface area (Å²) < 4.78 is 27.3. The molecule has 1 aliphatic heterocycles. The van der Waals surface area contributed by atoms with Gasteiger partial charge in [0.2, 0.25) is 0 Å². The lowest BCUT2D eigenvalue weighted by molar-refractivity contribution is 0.0950. The van der Waals surface area contributed by atoms with Gasteiger partial charge in [0.1, 0.15) is 17.4 Å². The second kappa shape index (κ2) is 8.52. The van der Waals surface area contributed by atoms with Gasteiger partial charge < -0.3 is 15.3 Å². The van der Waals surface area contributed by atoms with E-state index in [-0.39, 0.29) is 23.8 Å². The van der Waals surface area contributed by atoms with Crippen molar-refractivity contribution in [2.75, 3.05) is 18.0 Å². The molecule has 0 saturated carbocycles. The Bertz CT molecular complexity index is 1060. The number of benzene rings is 2. The number of rotatable bonds is 5. The summed E-state index contributed by atoms with van der Waals surface area (Å²) in [6.45, 7) is 1.80. The van der Waals surface area contributed by atoms with Crippen LogP contribution in [0.5, 0.6) is 5.75 Å². The van der Waals surface area contributed by atoms with Gasteiger partial charge >= 0.3 is 0 Å². The topological polar surface area (TPSA) is 81.2 Å². The summed E-state index contributed by atoms with van der Waals surface area (Å²) in [5, 5.41) is 19.5. The van der Waals surface area contributed by atoms with Crippen LogP contribution in [0.4, 0.5) is 14.5 Å². The molecule has 30 heavy (non-hydrogen) atoms. The fraction of sp³-hybridized carbons (Fsp3) is 0.273. The van der Waals surface area contributed by atoms with Crippen molar-refractivity contribution in [3.63, 3.8) is 0 Å². The molecule has 6 nitrogen and oxygen atoms in total. The number of piperidine rings is 1. The van der Waals surface area contributed by atoms with Crippen molar-refractivity contribution >= 4 is 11.6 Å². The fourth-order valence-electron chi connectivity index (χ4n) is 3.67. The van der Waals surface area contributed by atoms with E-state index < -0.39 is 11.6 Å². The van der Waals surface area contributed by atoms with E-state index in [1.54, 1.807) is 12.1 Å². The first-order valence-electron chi connectivity index (χ1n) is 9.87. The Hall–Kier alpha value is -3.42. The third kappa shape index (κ3) is 4.27. The van der Waals surface area contributed by atoms with E-state index in [0.29, 0.717) is 17.0 Å². The van der Waals surface area contributed by atoms with Crippen LogP contribution < -0.4 is 10.2 Å². The number of hydrogen-bond donors (Lipinski definition) is 3. The summed E-state index contributed by atoms with van der Waals surface area (Å²) in [7, 11) is 0. The number of nitrogens with one attached hydrogen (secondary N) is 2. The normalized spacial score (nSPS) is 14.0. The van der Waals surface area contributed by atoms with Crippen LogP contribution in [0.25, 0.3) is 11.3 Å². The Morgan fingerprint density at radius 3 is 2.60 bits per heavy atom. The van der Waals surface area contributed by atoms with Crippen LogP contribution in [0.3, 0.4) is 0 Å². The van der Waals surface area contributed by atoms with E-state index in [0.717, 1.165) is 44.1 Å². The van der Waals surface area contributed by atoms with Crippen LogP contribution in [0.15, 0.2) is 42.5 Å². The molecular formula is C22H22F2N4O2. The van der Waals surface area contributed by atoms with Gasteiger partial charge in [0.15, 0.2) is 0 Å². The highest BCUT2D eigenvalue weighted by Gasteiger charge is 2.19. The number of nitrogens with zero attached hydrogens (tertiary/aromatic N) is 2. The maximum absolute atomic E-state index is 13.8. The molecule has 1 amide bonds. The molecule has 3 N–H and O–H groups in total. The lowest BCUT2D eigenvalue weighted by atomic mass is 10.1. The number of H-pyrrole nitrogens is 1. The van der Waals surface area contributed by atoms with Gasteiger partial charge in [-0.3, -0.25) is 9.89 Å². The zero-order valence-electron chi connectivity index (χ0n) is 16.3. The molecule has 1 fully saturated rings. The van der Waals surface area contributed by atoms with Crippen LogP contribution >= 0.6 is 0 Å². The molecule has 0 spiro atoms. The fourth-order valence-corrected chi connectivity index (χ4v) is 3.67. The summed E-state index contributed by atoms with van der Waals surface area (Å²) in [5.74, 6) is -1.44. The largest absolute Gasteiger partial charge is 0.507 e. The van der Waals surface area contributed by atoms with Gasteiger partial charge in [-0.1, -0.05) is 0 Å². The zero-order valence-corrected chi connectivity index (χ0v) is 16.3. The van der Waals surface area contributed by atoms with E-state index in [2.05, 4.69) is 20.4 Å². The maximum atomic E-state index is 13.8. The van der Waals surface area contributed by atoms with E-state index in [9.17, 15) is 18.7 Å². The van der Waals surface area contributed by atoms with E-state index in [1.807, 2.05) is 0 Å². The van der Waals surface area contributed by atoms with Gasteiger partial charge in [-0.25, -0.2) is 8.78 Å². The molecule has 0 aliphatic carbocycles. The SMILES string of the molecule is O=C(NCc1cc(-c2cc(F)ccc2O)n[nH]1)c1cc(F)ccc1N1CCCCC1. The lowest BCUT2D eigenvalue weighted by Crippen LogP contribution is -2.32. The van der Waals surface area contributed by atoms with Crippen molar-refractivity contribution in [3.05, 3.63) is 65.4 Å². The highest BCUT2D eigenvalue weighted by molar-refractivity contribution is 5.99. The molecule has 1 aromatic heterocycles. The first-order chi connectivity index (χ1) is 14.5. The molecule has 0 radical (unpaired) electrons. The van der Waals surface area contributed by atoms with Crippen molar-refractivity contribution in [3.8, 4) is 17.0 Å². The van der Waals surface area contributed by atoms with E-state index >= 15 is 0 Å². The molecule has 4 rings (SSSR count). The number of anilines is 1. The Morgan fingerprint density at radius 2 is 1.80 bits per heavy atom. The van der Waals surface area contributed by atoms with Crippen molar-refractivity contribution < 1.29 is 18.7 Å². The lowest BCUT2D eigenvalue weighted by Gasteiger charge is -2.30. The molecule has 0 bridgehead atoms. The van der Waals surface area contributed by atoms with Crippen LogP contribution in [0.2, 0.25) is 0 Å². The second-order valence-corrected chi connectivity index (χ2v) is 7.33. The molecule has 0 unspecified atom stereocenters. The van der Waals surface area contributed by atoms with E-state index in [1.165, 1.54) is 24.3 Å². The molecule has 3 aromatic rings.